The summed E-state index contributed by atoms with van der Waals surface area (Å²) in [6.45, 7) is 3.55. The van der Waals surface area contributed by atoms with Gasteiger partial charge in [0.05, 0.1) is 13.2 Å². The zero-order valence-electron chi connectivity index (χ0n) is 11.8. The van der Waals surface area contributed by atoms with Crippen LogP contribution in [0.4, 0.5) is 0 Å². The molecule has 6 nitrogen and oxygen atoms in total. The third-order valence-corrected chi connectivity index (χ3v) is 4.27. The van der Waals surface area contributed by atoms with Crippen LogP contribution in [0.15, 0.2) is 4.52 Å². The minimum Gasteiger partial charge on any atom is -0.465 e. The van der Waals surface area contributed by atoms with Crippen molar-refractivity contribution in [2.45, 2.75) is 50.4 Å². The highest BCUT2D eigenvalue weighted by Gasteiger charge is 2.49. The maximum absolute atomic E-state index is 12.3. The zero-order chi connectivity index (χ0) is 14.0. The number of carbonyl (C=O) groups is 1. The highest BCUT2D eigenvalue weighted by molar-refractivity contribution is 5.82. The molecule has 0 radical (unpaired) electrons. The molecule has 1 unspecified atom stereocenters. The first-order valence-corrected chi connectivity index (χ1v) is 7.35. The van der Waals surface area contributed by atoms with Gasteiger partial charge in [0, 0.05) is 12.5 Å². The number of ether oxygens (including phenoxy) is 2. The van der Waals surface area contributed by atoms with E-state index in [1.165, 1.54) is 0 Å². The molecule has 1 aromatic heterocycles. The predicted molar refractivity (Wildman–Crippen MR) is 69.3 cm³/mol. The van der Waals surface area contributed by atoms with Crippen molar-refractivity contribution in [2.75, 3.05) is 19.8 Å². The quantitative estimate of drug-likeness (QED) is 0.785. The lowest BCUT2D eigenvalue weighted by molar-refractivity contribution is -0.151. The average Bonchev–Trinajstić information content (AvgIpc) is 3.19. The van der Waals surface area contributed by atoms with E-state index in [4.69, 9.17) is 14.0 Å². The Hall–Kier alpha value is -1.43. The lowest BCUT2D eigenvalue weighted by Crippen LogP contribution is -2.35. The monoisotopic (exact) mass is 280 g/mol. The van der Waals surface area contributed by atoms with Crippen LogP contribution in [-0.4, -0.2) is 35.9 Å². The van der Waals surface area contributed by atoms with Gasteiger partial charge in [0.2, 0.25) is 5.89 Å². The van der Waals surface area contributed by atoms with Crippen molar-refractivity contribution in [3.63, 3.8) is 0 Å². The SMILES string of the molecule is CCOC(=O)C1(c2nc(C3CCOC3)no2)CCCC1. The lowest BCUT2D eigenvalue weighted by Gasteiger charge is -2.21. The van der Waals surface area contributed by atoms with Crippen LogP contribution in [0.5, 0.6) is 0 Å². The summed E-state index contributed by atoms with van der Waals surface area (Å²) >= 11 is 0. The van der Waals surface area contributed by atoms with Crippen molar-refractivity contribution in [2.24, 2.45) is 0 Å². The molecule has 1 saturated heterocycles. The van der Waals surface area contributed by atoms with E-state index >= 15 is 0 Å². The van der Waals surface area contributed by atoms with Crippen molar-refractivity contribution in [3.8, 4) is 0 Å². The number of rotatable bonds is 4. The molecule has 1 aliphatic heterocycles. The van der Waals surface area contributed by atoms with Crippen molar-refractivity contribution >= 4 is 5.97 Å². The summed E-state index contributed by atoms with van der Waals surface area (Å²) in [5.41, 5.74) is -0.722. The minimum atomic E-state index is -0.722. The van der Waals surface area contributed by atoms with Gasteiger partial charge in [0.1, 0.15) is 5.41 Å². The van der Waals surface area contributed by atoms with Gasteiger partial charge in [-0.3, -0.25) is 4.79 Å². The Morgan fingerprint density at radius 3 is 2.90 bits per heavy atom. The number of nitrogens with zero attached hydrogens (tertiary/aromatic N) is 2. The molecule has 1 saturated carbocycles. The van der Waals surface area contributed by atoms with Crippen LogP contribution in [0.2, 0.25) is 0 Å². The molecule has 0 N–H and O–H groups in total. The molecule has 1 aromatic rings. The third kappa shape index (κ3) is 2.22. The molecule has 2 fully saturated rings. The van der Waals surface area contributed by atoms with Gasteiger partial charge >= 0.3 is 5.97 Å². The molecule has 1 aliphatic carbocycles. The average molecular weight is 280 g/mol. The standard InChI is InChI=1S/C14H20N2O4/c1-2-19-13(17)14(6-3-4-7-14)12-15-11(16-20-12)10-5-8-18-9-10/h10H,2-9H2,1H3. The maximum Gasteiger partial charge on any atom is 0.321 e. The van der Waals surface area contributed by atoms with Crippen LogP contribution in [-0.2, 0) is 19.7 Å². The fourth-order valence-electron chi connectivity index (χ4n) is 3.09. The number of esters is 1. The van der Waals surface area contributed by atoms with Gasteiger partial charge in [-0.05, 0) is 26.2 Å². The molecule has 0 bridgehead atoms. The van der Waals surface area contributed by atoms with E-state index in [1.807, 2.05) is 6.92 Å². The topological polar surface area (TPSA) is 74.5 Å². The van der Waals surface area contributed by atoms with Crippen LogP contribution in [0.3, 0.4) is 0 Å². The number of aromatic nitrogens is 2. The molecular formula is C14H20N2O4. The Balaban J connectivity index is 1.86. The van der Waals surface area contributed by atoms with Gasteiger partial charge in [-0.2, -0.15) is 4.98 Å². The molecule has 2 heterocycles. The molecule has 6 heteroatoms. The second-order valence-corrected chi connectivity index (χ2v) is 5.53. The van der Waals surface area contributed by atoms with Crippen LogP contribution >= 0.6 is 0 Å². The van der Waals surface area contributed by atoms with E-state index in [0.29, 0.717) is 24.9 Å². The summed E-state index contributed by atoms with van der Waals surface area (Å²) < 4.78 is 16.0. The first-order valence-electron chi connectivity index (χ1n) is 7.35. The first-order chi connectivity index (χ1) is 9.76. The number of hydrogen-bond donors (Lipinski definition) is 0. The molecular weight excluding hydrogens is 260 g/mol. The molecule has 20 heavy (non-hydrogen) atoms. The largest absolute Gasteiger partial charge is 0.465 e. The highest BCUT2D eigenvalue weighted by Crippen LogP contribution is 2.42. The van der Waals surface area contributed by atoms with Crippen LogP contribution in [0, 0.1) is 0 Å². The summed E-state index contributed by atoms with van der Waals surface area (Å²) in [5, 5.41) is 4.06. The normalized spacial score (nSPS) is 24.9. The van der Waals surface area contributed by atoms with Gasteiger partial charge < -0.3 is 14.0 Å². The van der Waals surface area contributed by atoms with Crippen LogP contribution < -0.4 is 0 Å². The van der Waals surface area contributed by atoms with Gasteiger partial charge in [-0.1, -0.05) is 18.0 Å². The van der Waals surface area contributed by atoms with Gasteiger partial charge in [-0.15, -0.1) is 0 Å². The second kappa shape index (κ2) is 5.52. The van der Waals surface area contributed by atoms with Gasteiger partial charge in [0.25, 0.3) is 0 Å². The Morgan fingerprint density at radius 2 is 2.25 bits per heavy atom. The van der Waals surface area contributed by atoms with Crippen molar-refractivity contribution < 1.29 is 18.8 Å². The molecule has 110 valence electrons. The smallest absolute Gasteiger partial charge is 0.321 e. The lowest BCUT2D eigenvalue weighted by atomic mass is 9.86. The first kappa shape index (κ1) is 13.5. The summed E-state index contributed by atoms with van der Waals surface area (Å²) in [7, 11) is 0. The molecule has 0 spiro atoms. The third-order valence-electron chi connectivity index (χ3n) is 4.27. The van der Waals surface area contributed by atoms with E-state index in [2.05, 4.69) is 10.1 Å². The van der Waals surface area contributed by atoms with Crippen molar-refractivity contribution in [1.82, 2.24) is 10.1 Å². The summed E-state index contributed by atoms with van der Waals surface area (Å²) in [4.78, 5) is 16.8. The fraction of sp³-hybridized carbons (Fsp3) is 0.786. The molecule has 2 aliphatic rings. The fourth-order valence-corrected chi connectivity index (χ4v) is 3.09. The van der Waals surface area contributed by atoms with E-state index in [0.717, 1.165) is 38.7 Å². The Bertz CT molecular complexity index is 473. The van der Waals surface area contributed by atoms with Gasteiger partial charge in [0.15, 0.2) is 5.82 Å². The van der Waals surface area contributed by atoms with Gasteiger partial charge in [-0.25, -0.2) is 0 Å². The van der Waals surface area contributed by atoms with Crippen molar-refractivity contribution in [3.05, 3.63) is 11.7 Å². The van der Waals surface area contributed by atoms with E-state index in [-0.39, 0.29) is 11.9 Å². The Labute approximate surface area is 117 Å². The zero-order valence-corrected chi connectivity index (χ0v) is 11.8. The van der Waals surface area contributed by atoms with Crippen LogP contribution in [0.1, 0.15) is 56.7 Å². The summed E-state index contributed by atoms with van der Waals surface area (Å²) in [6, 6.07) is 0. The summed E-state index contributed by atoms with van der Waals surface area (Å²) in [5.74, 6) is 1.05. The molecule has 3 rings (SSSR count). The highest BCUT2D eigenvalue weighted by atomic mass is 16.5. The Kier molecular flexibility index (Phi) is 3.74. The van der Waals surface area contributed by atoms with E-state index < -0.39 is 5.41 Å². The molecule has 0 amide bonds. The van der Waals surface area contributed by atoms with Crippen LogP contribution in [0.25, 0.3) is 0 Å². The predicted octanol–water partition coefficient (Wildman–Crippen LogP) is 1.95. The maximum atomic E-state index is 12.3. The van der Waals surface area contributed by atoms with E-state index in [9.17, 15) is 4.79 Å². The second-order valence-electron chi connectivity index (χ2n) is 5.53. The molecule has 1 atom stereocenters. The summed E-state index contributed by atoms with van der Waals surface area (Å²) in [6.07, 6.45) is 4.35. The minimum absolute atomic E-state index is 0.188. The number of hydrogen-bond acceptors (Lipinski definition) is 6. The Morgan fingerprint density at radius 1 is 1.45 bits per heavy atom. The number of carbonyl (C=O) groups excluding carboxylic acids is 1. The van der Waals surface area contributed by atoms with Crippen molar-refractivity contribution in [1.29, 1.82) is 0 Å². The molecule has 0 aromatic carbocycles. The van der Waals surface area contributed by atoms with E-state index in [1.54, 1.807) is 0 Å².